The molecule has 2 aromatic carbocycles. The molecule has 0 aliphatic carbocycles. The van der Waals surface area contributed by atoms with Crippen molar-refractivity contribution in [1.82, 2.24) is 14.5 Å². The third kappa shape index (κ3) is 5.68. The lowest BCUT2D eigenvalue weighted by Crippen LogP contribution is -2.50. The summed E-state index contributed by atoms with van der Waals surface area (Å²) in [6.45, 7) is 10.6. The molecule has 3 rings (SSSR count). The van der Waals surface area contributed by atoms with E-state index in [4.69, 9.17) is 4.74 Å². The number of hydrogen-bond acceptors (Lipinski definition) is 5. The van der Waals surface area contributed by atoms with Gasteiger partial charge in [-0.2, -0.15) is 4.31 Å². The van der Waals surface area contributed by atoms with Crippen molar-refractivity contribution in [1.29, 1.82) is 0 Å². The zero-order valence-corrected chi connectivity index (χ0v) is 20.2. The van der Waals surface area contributed by atoms with Crippen molar-refractivity contribution in [2.75, 3.05) is 39.3 Å². The van der Waals surface area contributed by atoms with E-state index >= 15 is 0 Å². The van der Waals surface area contributed by atoms with Crippen LogP contribution in [0.3, 0.4) is 0 Å². The van der Waals surface area contributed by atoms with Gasteiger partial charge in [-0.15, -0.1) is 0 Å². The number of hydrogen-bond donors (Lipinski definition) is 1. The smallest absolute Gasteiger partial charge is 0.244 e. The van der Waals surface area contributed by atoms with Crippen LogP contribution in [-0.2, 0) is 21.4 Å². The van der Waals surface area contributed by atoms with E-state index in [-0.39, 0.29) is 23.9 Å². The summed E-state index contributed by atoms with van der Waals surface area (Å²) in [6.07, 6.45) is 0. The number of aryl methyl sites for hydroxylation is 3. The minimum absolute atomic E-state index is 0.0907. The van der Waals surface area contributed by atoms with Crippen LogP contribution in [0.1, 0.15) is 29.2 Å². The largest absolute Gasteiger partial charge is 0.494 e. The molecule has 2 aromatic rings. The second-order valence-corrected chi connectivity index (χ2v) is 10.1. The van der Waals surface area contributed by atoms with Crippen LogP contribution in [0, 0.1) is 20.8 Å². The summed E-state index contributed by atoms with van der Waals surface area (Å²) in [5, 5.41) is 3.22. The van der Waals surface area contributed by atoms with Gasteiger partial charge in [0.2, 0.25) is 15.9 Å². The number of sulfonamides is 1. The monoisotopic (exact) mass is 459 g/mol. The van der Waals surface area contributed by atoms with Gasteiger partial charge in [-0.3, -0.25) is 4.79 Å². The van der Waals surface area contributed by atoms with Crippen LogP contribution in [0.5, 0.6) is 5.75 Å². The lowest BCUT2D eigenvalue weighted by molar-refractivity contribution is -0.132. The molecule has 1 heterocycles. The van der Waals surface area contributed by atoms with Gasteiger partial charge in [-0.05, 0) is 68.1 Å². The predicted octanol–water partition coefficient (Wildman–Crippen LogP) is 2.63. The van der Waals surface area contributed by atoms with Crippen LogP contribution < -0.4 is 10.1 Å². The highest BCUT2D eigenvalue weighted by Crippen LogP contribution is 2.26. The molecule has 1 fully saturated rings. The second kappa shape index (κ2) is 10.5. The number of piperazine rings is 1. The molecule has 0 bridgehead atoms. The highest BCUT2D eigenvalue weighted by atomic mass is 32.2. The van der Waals surface area contributed by atoms with Crippen molar-refractivity contribution >= 4 is 15.9 Å². The average molecular weight is 460 g/mol. The Morgan fingerprint density at radius 1 is 1.06 bits per heavy atom. The molecular formula is C24H33N3O4S. The highest BCUT2D eigenvalue weighted by molar-refractivity contribution is 7.89. The molecule has 0 radical (unpaired) electrons. The summed E-state index contributed by atoms with van der Waals surface area (Å²) in [6, 6.07) is 10.9. The van der Waals surface area contributed by atoms with Crippen molar-refractivity contribution in [2.24, 2.45) is 0 Å². The Bertz CT molecular complexity index is 1060. The Hall–Kier alpha value is -2.42. The van der Waals surface area contributed by atoms with E-state index in [1.54, 1.807) is 17.9 Å². The first-order valence-corrected chi connectivity index (χ1v) is 12.4. The van der Waals surface area contributed by atoms with E-state index in [9.17, 15) is 13.2 Å². The number of nitrogens with zero attached hydrogens (tertiary/aromatic N) is 2. The number of carbonyl (C=O) groups is 1. The lowest BCUT2D eigenvalue weighted by atomic mass is 10.1. The molecule has 7 nitrogen and oxygen atoms in total. The summed E-state index contributed by atoms with van der Waals surface area (Å²) in [5.41, 5.74) is 3.39. The fourth-order valence-corrected chi connectivity index (χ4v) is 5.52. The number of carbonyl (C=O) groups excluding carboxylic acids is 1. The summed E-state index contributed by atoms with van der Waals surface area (Å²) >= 11 is 0. The van der Waals surface area contributed by atoms with Crippen LogP contribution in [0.25, 0.3) is 0 Å². The SMILES string of the molecule is CCOc1cccc(CN(CC(=O)N2CCNCC2)S(=O)(=O)c2cc(C)c(C)cc2C)c1. The topological polar surface area (TPSA) is 79.0 Å². The van der Waals surface area contributed by atoms with E-state index in [1.807, 2.05) is 51.1 Å². The molecule has 1 aliphatic heterocycles. The standard InChI is InChI=1S/C24H33N3O4S/c1-5-31-22-8-6-7-21(15-22)16-27(17-24(28)26-11-9-25-10-12-26)32(29,30)23-14-19(3)18(2)13-20(23)4/h6-8,13-15,25H,5,9-12,16-17H2,1-4H3. The van der Waals surface area contributed by atoms with Gasteiger partial charge in [-0.25, -0.2) is 8.42 Å². The highest BCUT2D eigenvalue weighted by Gasteiger charge is 2.30. The quantitative estimate of drug-likeness (QED) is 0.657. The maximum absolute atomic E-state index is 13.8. The molecule has 174 valence electrons. The molecule has 1 amide bonds. The van der Waals surface area contributed by atoms with Crippen LogP contribution in [0.2, 0.25) is 0 Å². The molecule has 0 aromatic heterocycles. The molecule has 1 aliphatic rings. The Labute approximate surface area is 191 Å². The van der Waals surface area contributed by atoms with Gasteiger partial charge in [-0.1, -0.05) is 18.2 Å². The summed E-state index contributed by atoms with van der Waals surface area (Å²) < 4.78 is 34.4. The van der Waals surface area contributed by atoms with E-state index in [0.717, 1.165) is 16.7 Å². The number of rotatable bonds is 8. The Kier molecular flexibility index (Phi) is 7.92. The fourth-order valence-electron chi connectivity index (χ4n) is 3.85. The van der Waals surface area contributed by atoms with Crippen LogP contribution in [0.4, 0.5) is 0 Å². The molecule has 0 spiro atoms. The lowest BCUT2D eigenvalue weighted by Gasteiger charge is -2.30. The third-order valence-electron chi connectivity index (χ3n) is 5.76. The number of amides is 1. The third-order valence-corrected chi connectivity index (χ3v) is 7.69. The van der Waals surface area contributed by atoms with Crippen LogP contribution in [0.15, 0.2) is 41.3 Å². The fraction of sp³-hybridized carbons (Fsp3) is 0.458. The minimum Gasteiger partial charge on any atom is -0.494 e. The first-order chi connectivity index (χ1) is 15.2. The Morgan fingerprint density at radius 3 is 2.44 bits per heavy atom. The van der Waals surface area contributed by atoms with E-state index in [1.165, 1.54) is 4.31 Å². The number of ether oxygens (including phenoxy) is 1. The van der Waals surface area contributed by atoms with E-state index < -0.39 is 10.0 Å². The Balaban J connectivity index is 1.96. The van der Waals surface area contributed by atoms with Gasteiger partial charge >= 0.3 is 0 Å². The summed E-state index contributed by atoms with van der Waals surface area (Å²) in [5.74, 6) is 0.496. The van der Waals surface area contributed by atoms with Crippen molar-refractivity contribution in [3.63, 3.8) is 0 Å². The normalized spacial score (nSPS) is 14.6. The summed E-state index contributed by atoms with van der Waals surface area (Å²) in [7, 11) is -3.90. The number of benzene rings is 2. The van der Waals surface area contributed by atoms with Gasteiger partial charge in [0.25, 0.3) is 0 Å². The zero-order chi connectivity index (χ0) is 23.3. The van der Waals surface area contributed by atoms with E-state index in [2.05, 4.69) is 5.32 Å². The molecule has 1 N–H and O–H groups in total. The average Bonchev–Trinajstić information content (AvgIpc) is 2.76. The van der Waals surface area contributed by atoms with Gasteiger partial charge in [0.1, 0.15) is 5.75 Å². The molecule has 8 heteroatoms. The molecule has 0 unspecified atom stereocenters. The first-order valence-electron chi connectivity index (χ1n) is 11.0. The van der Waals surface area contributed by atoms with Gasteiger partial charge < -0.3 is 15.0 Å². The second-order valence-electron chi connectivity index (χ2n) is 8.19. The minimum atomic E-state index is -3.90. The molecule has 32 heavy (non-hydrogen) atoms. The Morgan fingerprint density at radius 2 is 1.75 bits per heavy atom. The maximum Gasteiger partial charge on any atom is 0.244 e. The maximum atomic E-state index is 13.8. The zero-order valence-electron chi connectivity index (χ0n) is 19.3. The van der Waals surface area contributed by atoms with Crippen molar-refractivity contribution in [3.8, 4) is 5.75 Å². The van der Waals surface area contributed by atoms with E-state index in [0.29, 0.717) is 44.1 Å². The van der Waals surface area contributed by atoms with Gasteiger partial charge in [0.05, 0.1) is 18.0 Å². The molecule has 0 saturated carbocycles. The first kappa shape index (κ1) is 24.2. The summed E-state index contributed by atoms with van der Waals surface area (Å²) in [4.78, 5) is 15.0. The van der Waals surface area contributed by atoms with Gasteiger partial charge in [0.15, 0.2) is 0 Å². The number of nitrogens with one attached hydrogen (secondary N) is 1. The van der Waals surface area contributed by atoms with Gasteiger partial charge in [0, 0.05) is 32.7 Å². The molecule has 0 atom stereocenters. The molecule has 1 saturated heterocycles. The van der Waals surface area contributed by atoms with Crippen molar-refractivity contribution in [3.05, 3.63) is 58.7 Å². The van der Waals surface area contributed by atoms with Crippen molar-refractivity contribution < 1.29 is 17.9 Å². The predicted molar refractivity (Wildman–Crippen MR) is 125 cm³/mol. The molecular weight excluding hydrogens is 426 g/mol. The van der Waals surface area contributed by atoms with Crippen molar-refractivity contribution in [2.45, 2.75) is 39.1 Å². The van der Waals surface area contributed by atoms with Crippen LogP contribution in [-0.4, -0.2) is 62.9 Å². The van der Waals surface area contributed by atoms with Crippen LogP contribution >= 0.6 is 0 Å².